The number of aliphatic hydroxyl groups is 1. The molecule has 6 heteroatoms. The van der Waals surface area contributed by atoms with Crippen molar-refractivity contribution in [2.75, 3.05) is 6.61 Å². The monoisotopic (exact) mass is 280 g/mol. The average Bonchev–Trinajstić information content (AvgIpc) is 2.98. The second kappa shape index (κ2) is 5.99. The van der Waals surface area contributed by atoms with Gasteiger partial charge in [-0.25, -0.2) is 4.98 Å². The van der Waals surface area contributed by atoms with Gasteiger partial charge in [-0.15, -0.1) is 11.3 Å². The molecule has 0 aliphatic heterocycles. The van der Waals surface area contributed by atoms with Crippen molar-refractivity contribution in [1.82, 2.24) is 10.3 Å². The number of hydrogen-bond acceptors (Lipinski definition) is 5. The van der Waals surface area contributed by atoms with Gasteiger partial charge in [-0.05, 0) is 24.8 Å². The number of thiophene rings is 1. The summed E-state index contributed by atoms with van der Waals surface area (Å²) >= 11 is 1.55. The van der Waals surface area contributed by atoms with Crippen molar-refractivity contribution in [3.05, 3.63) is 39.7 Å². The summed E-state index contributed by atoms with van der Waals surface area (Å²) in [5.41, 5.74) is 0.573. The van der Waals surface area contributed by atoms with Crippen molar-refractivity contribution in [3.63, 3.8) is 0 Å². The van der Waals surface area contributed by atoms with Gasteiger partial charge in [0.1, 0.15) is 0 Å². The van der Waals surface area contributed by atoms with Crippen molar-refractivity contribution in [2.24, 2.45) is 0 Å². The molecule has 0 bridgehead atoms. The molecule has 2 rings (SSSR count). The van der Waals surface area contributed by atoms with Crippen molar-refractivity contribution >= 4 is 17.2 Å². The highest BCUT2D eigenvalue weighted by atomic mass is 32.1. The largest absolute Gasteiger partial charge is 0.436 e. The zero-order chi connectivity index (χ0) is 13.8. The molecule has 0 aromatic carbocycles. The number of hydrogen-bond donors (Lipinski definition) is 2. The molecule has 2 heterocycles. The maximum absolute atomic E-state index is 12.1. The minimum atomic E-state index is -0.301. The summed E-state index contributed by atoms with van der Waals surface area (Å²) in [5, 5.41) is 13.9. The molecule has 0 saturated carbocycles. The number of amides is 1. The molecule has 0 unspecified atom stereocenters. The Bertz CT molecular complexity index is 548. The van der Waals surface area contributed by atoms with E-state index in [0.29, 0.717) is 18.0 Å². The fraction of sp³-hybridized carbons (Fsp3) is 0.385. The van der Waals surface area contributed by atoms with Crippen molar-refractivity contribution < 1.29 is 14.3 Å². The lowest BCUT2D eigenvalue weighted by molar-refractivity contribution is 0.0900. The van der Waals surface area contributed by atoms with Crippen LogP contribution in [0.5, 0.6) is 0 Å². The number of nitrogens with one attached hydrogen (secondary N) is 1. The normalized spacial score (nSPS) is 12.4. The van der Waals surface area contributed by atoms with Gasteiger partial charge in [0.25, 0.3) is 5.91 Å². The molecule has 0 aliphatic rings. The van der Waals surface area contributed by atoms with Crippen LogP contribution in [-0.2, 0) is 0 Å². The highest BCUT2D eigenvalue weighted by molar-refractivity contribution is 7.10. The number of aliphatic hydroxyl groups excluding tert-OH is 1. The minimum Gasteiger partial charge on any atom is -0.436 e. The number of aryl methyl sites for hydroxylation is 2. The maximum atomic E-state index is 12.1. The Kier molecular flexibility index (Phi) is 4.34. The van der Waals surface area contributed by atoms with Crippen molar-refractivity contribution in [3.8, 4) is 0 Å². The number of oxazole rings is 1. The Labute approximate surface area is 115 Å². The first-order valence-corrected chi connectivity index (χ1v) is 6.89. The number of aromatic nitrogens is 1. The fourth-order valence-electron chi connectivity index (χ4n) is 1.87. The molecule has 2 N–H and O–H groups in total. The van der Waals surface area contributed by atoms with E-state index in [1.54, 1.807) is 25.2 Å². The van der Waals surface area contributed by atoms with Gasteiger partial charge in [0.05, 0.1) is 11.7 Å². The summed E-state index contributed by atoms with van der Waals surface area (Å²) < 4.78 is 5.29. The van der Waals surface area contributed by atoms with Gasteiger partial charge < -0.3 is 14.8 Å². The van der Waals surface area contributed by atoms with Crippen LogP contribution < -0.4 is 5.32 Å². The average molecular weight is 280 g/mol. The quantitative estimate of drug-likeness (QED) is 0.880. The maximum Gasteiger partial charge on any atom is 0.289 e. The Balaban J connectivity index is 2.13. The summed E-state index contributed by atoms with van der Waals surface area (Å²) in [6, 6.07) is 3.65. The van der Waals surface area contributed by atoms with Crippen LogP contribution in [0.1, 0.15) is 39.5 Å². The van der Waals surface area contributed by atoms with Crippen LogP contribution in [0.4, 0.5) is 0 Å². The molecule has 0 spiro atoms. The van der Waals surface area contributed by atoms with Gasteiger partial charge in [0, 0.05) is 18.4 Å². The third kappa shape index (κ3) is 3.21. The van der Waals surface area contributed by atoms with Gasteiger partial charge in [0.15, 0.2) is 5.89 Å². The Morgan fingerprint density at radius 2 is 2.37 bits per heavy atom. The molecule has 102 valence electrons. The SMILES string of the molecule is Cc1nc(C)c(C(=O)N[C@@H](CCO)c2cccs2)o1. The highest BCUT2D eigenvalue weighted by Crippen LogP contribution is 2.22. The van der Waals surface area contributed by atoms with Crippen molar-refractivity contribution in [1.29, 1.82) is 0 Å². The summed E-state index contributed by atoms with van der Waals surface area (Å²) in [6.07, 6.45) is 0.471. The predicted octanol–water partition coefficient (Wildman–Crippen LogP) is 2.21. The fourth-order valence-corrected chi connectivity index (χ4v) is 2.68. The van der Waals surface area contributed by atoms with Crippen molar-refractivity contribution in [2.45, 2.75) is 26.3 Å². The van der Waals surface area contributed by atoms with E-state index < -0.39 is 0 Å². The molecule has 2 aromatic rings. The van der Waals surface area contributed by atoms with Crippen LogP contribution in [0, 0.1) is 13.8 Å². The third-order valence-corrected chi connectivity index (χ3v) is 3.71. The summed E-state index contributed by atoms with van der Waals surface area (Å²) in [7, 11) is 0. The molecule has 0 aliphatic carbocycles. The van der Waals surface area contributed by atoms with E-state index in [1.807, 2.05) is 17.5 Å². The van der Waals surface area contributed by atoms with E-state index in [-0.39, 0.29) is 24.3 Å². The summed E-state index contributed by atoms with van der Waals surface area (Å²) in [4.78, 5) is 17.2. The lowest BCUT2D eigenvalue weighted by atomic mass is 10.1. The van der Waals surface area contributed by atoms with Gasteiger partial charge >= 0.3 is 0 Å². The molecule has 2 aromatic heterocycles. The topological polar surface area (TPSA) is 75.4 Å². The Hall–Kier alpha value is -1.66. The molecule has 1 amide bonds. The van der Waals surface area contributed by atoms with Crippen LogP contribution in [-0.4, -0.2) is 22.6 Å². The summed E-state index contributed by atoms with van der Waals surface area (Å²) in [5.74, 6) is 0.402. The van der Waals surface area contributed by atoms with E-state index in [0.717, 1.165) is 4.88 Å². The van der Waals surface area contributed by atoms with Crippen LogP contribution in [0.25, 0.3) is 0 Å². The molecule has 0 fully saturated rings. The lowest BCUT2D eigenvalue weighted by Gasteiger charge is -2.15. The Morgan fingerprint density at radius 1 is 1.58 bits per heavy atom. The van der Waals surface area contributed by atoms with Gasteiger partial charge in [-0.2, -0.15) is 0 Å². The van der Waals surface area contributed by atoms with Gasteiger partial charge in [-0.3, -0.25) is 4.79 Å². The zero-order valence-corrected chi connectivity index (χ0v) is 11.7. The van der Waals surface area contributed by atoms with Crippen LogP contribution in [0.2, 0.25) is 0 Å². The third-order valence-electron chi connectivity index (χ3n) is 2.72. The first-order chi connectivity index (χ1) is 9.11. The number of rotatable bonds is 5. The van der Waals surface area contributed by atoms with E-state index >= 15 is 0 Å². The number of carbonyl (C=O) groups is 1. The molecule has 1 atom stereocenters. The first-order valence-electron chi connectivity index (χ1n) is 6.01. The standard InChI is InChI=1S/C13H16N2O3S/c1-8-12(18-9(2)14-8)13(17)15-10(5-6-16)11-4-3-7-19-11/h3-4,7,10,16H,5-6H2,1-2H3,(H,15,17)/t10-/m0/s1. The minimum absolute atomic E-state index is 0.0112. The van der Waals surface area contributed by atoms with Gasteiger partial charge in [-0.1, -0.05) is 6.07 Å². The second-order valence-corrected chi connectivity index (χ2v) is 5.18. The molecular weight excluding hydrogens is 264 g/mol. The smallest absolute Gasteiger partial charge is 0.289 e. The molecule has 19 heavy (non-hydrogen) atoms. The van der Waals surface area contributed by atoms with Crippen LogP contribution >= 0.6 is 11.3 Å². The highest BCUT2D eigenvalue weighted by Gasteiger charge is 2.21. The zero-order valence-electron chi connectivity index (χ0n) is 10.8. The number of carbonyl (C=O) groups excluding carboxylic acids is 1. The Morgan fingerprint density at radius 3 is 2.89 bits per heavy atom. The second-order valence-electron chi connectivity index (χ2n) is 4.20. The molecule has 0 radical (unpaired) electrons. The molecule has 5 nitrogen and oxygen atoms in total. The van der Waals surface area contributed by atoms with E-state index in [9.17, 15) is 4.79 Å². The number of nitrogens with zero attached hydrogens (tertiary/aromatic N) is 1. The first kappa shape index (κ1) is 13.8. The molecule has 0 saturated heterocycles. The van der Waals surface area contributed by atoms with Crippen LogP contribution in [0.3, 0.4) is 0 Å². The van der Waals surface area contributed by atoms with Gasteiger partial charge in [0.2, 0.25) is 5.76 Å². The lowest BCUT2D eigenvalue weighted by Crippen LogP contribution is -2.28. The van der Waals surface area contributed by atoms with E-state index in [2.05, 4.69) is 10.3 Å². The predicted molar refractivity (Wildman–Crippen MR) is 72.2 cm³/mol. The van der Waals surface area contributed by atoms with E-state index in [1.165, 1.54) is 0 Å². The summed E-state index contributed by atoms with van der Waals surface area (Å²) in [6.45, 7) is 3.45. The van der Waals surface area contributed by atoms with Crippen LogP contribution in [0.15, 0.2) is 21.9 Å². The molecular formula is C13H16N2O3S. The van der Waals surface area contributed by atoms with E-state index in [4.69, 9.17) is 9.52 Å².